The van der Waals surface area contributed by atoms with Crippen LogP contribution in [0.3, 0.4) is 0 Å². The van der Waals surface area contributed by atoms with Gasteiger partial charge in [0, 0.05) is 10.6 Å². The standard InChI is InChI=1S/C9H10F3NO2S2/c1-2-17(14,15)13-7-4-3-5-8(6-7)16-9(10,11)12/h3-6,13H,2H2,1H3. The Morgan fingerprint density at radius 2 is 2.00 bits per heavy atom. The summed E-state index contributed by atoms with van der Waals surface area (Å²) < 4.78 is 60.9. The summed E-state index contributed by atoms with van der Waals surface area (Å²) in [5, 5.41) is 0. The molecule has 0 spiro atoms. The van der Waals surface area contributed by atoms with Crippen LogP contribution in [0.4, 0.5) is 18.9 Å². The number of benzene rings is 1. The van der Waals surface area contributed by atoms with Crippen molar-refractivity contribution in [2.45, 2.75) is 17.3 Å². The number of halogens is 3. The number of hydrogen-bond donors (Lipinski definition) is 1. The summed E-state index contributed by atoms with van der Waals surface area (Å²) in [6, 6.07) is 5.17. The molecule has 0 saturated carbocycles. The van der Waals surface area contributed by atoms with Gasteiger partial charge >= 0.3 is 5.51 Å². The maximum absolute atomic E-state index is 12.1. The van der Waals surface area contributed by atoms with Crippen molar-refractivity contribution in [1.29, 1.82) is 0 Å². The van der Waals surface area contributed by atoms with Gasteiger partial charge in [0.1, 0.15) is 0 Å². The first kappa shape index (κ1) is 14.2. The Kier molecular flexibility index (Phi) is 4.31. The predicted octanol–water partition coefficient (Wildman–Crippen LogP) is 3.06. The number of anilines is 1. The highest BCUT2D eigenvalue weighted by Gasteiger charge is 2.29. The van der Waals surface area contributed by atoms with Crippen LogP contribution in [0.5, 0.6) is 0 Å². The van der Waals surface area contributed by atoms with Gasteiger partial charge < -0.3 is 0 Å². The molecular weight excluding hydrogens is 275 g/mol. The number of alkyl halides is 3. The number of hydrogen-bond acceptors (Lipinski definition) is 3. The van der Waals surface area contributed by atoms with Crippen LogP contribution in [0, 0.1) is 0 Å². The zero-order valence-electron chi connectivity index (χ0n) is 8.78. The van der Waals surface area contributed by atoms with Crippen molar-refractivity contribution in [3.05, 3.63) is 24.3 Å². The molecule has 0 heterocycles. The van der Waals surface area contributed by atoms with Crippen molar-refractivity contribution < 1.29 is 21.6 Å². The van der Waals surface area contributed by atoms with Gasteiger partial charge in [-0.2, -0.15) is 13.2 Å². The van der Waals surface area contributed by atoms with Crippen molar-refractivity contribution >= 4 is 27.5 Å². The smallest absolute Gasteiger partial charge is 0.284 e. The zero-order valence-corrected chi connectivity index (χ0v) is 10.4. The fourth-order valence-electron chi connectivity index (χ4n) is 1.01. The first-order valence-corrected chi connectivity index (χ1v) is 7.05. The summed E-state index contributed by atoms with van der Waals surface area (Å²) in [4.78, 5) is -0.0613. The van der Waals surface area contributed by atoms with E-state index in [1.807, 2.05) is 0 Å². The van der Waals surface area contributed by atoms with Gasteiger partial charge in [0.05, 0.1) is 5.75 Å². The highest BCUT2D eigenvalue weighted by molar-refractivity contribution is 8.00. The van der Waals surface area contributed by atoms with Crippen LogP contribution >= 0.6 is 11.8 Å². The normalized spacial score (nSPS) is 12.5. The molecule has 0 amide bonds. The fourth-order valence-corrected chi connectivity index (χ4v) is 2.24. The Hall–Kier alpha value is -0.890. The Morgan fingerprint density at radius 3 is 2.53 bits per heavy atom. The molecular formula is C9H10F3NO2S2. The maximum Gasteiger partial charge on any atom is 0.446 e. The van der Waals surface area contributed by atoms with Crippen LogP contribution in [0.2, 0.25) is 0 Å². The summed E-state index contributed by atoms with van der Waals surface area (Å²) in [6.45, 7) is 1.44. The van der Waals surface area contributed by atoms with Gasteiger partial charge in [-0.3, -0.25) is 4.72 Å². The van der Waals surface area contributed by atoms with E-state index in [0.29, 0.717) is 0 Å². The third-order valence-electron chi connectivity index (χ3n) is 1.72. The lowest BCUT2D eigenvalue weighted by molar-refractivity contribution is -0.0328. The van der Waals surface area contributed by atoms with Gasteiger partial charge in [0.25, 0.3) is 0 Å². The summed E-state index contributed by atoms with van der Waals surface area (Å²) in [6.07, 6.45) is 0. The van der Waals surface area contributed by atoms with Crippen LogP contribution < -0.4 is 4.72 Å². The van der Waals surface area contributed by atoms with E-state index >= 15 is 0 Å². The van der Waals surface area contributed by atoms with Crippen LogP contribution in [0.15, 0.2) is 29.2 Å². The van der Waals surface area contributed by atoms with Crippen LogP contribution in [-0.4, -0.2) is 19.7 Å². The average Bonchev–Trinajstić information content (AvgIpc) is 2.14. The lowest BCUT2D eigenvalue weighted by atomic mass is 10.3. The second-order valence-electron chi connectivity index (χ2n) is 3.08. The molecule has 0 aliphatic heterocycles. The largest absolute Gasteiger partial charge is 0.446 e. The third kappa shape index (κ3) is 5.31. The third-order valence-corrected chi connectivity index (χ3v) is 3.75. The zero-order chi connectivity index (χ0) is 13.1. The Balaban J connectivity index is 2.87. The second-order valence-corrected chi connectivity index (χ2v) is 6.23. The molecule has 0 unspecified atom stereocenters. The van der Waals surface area contributed by atoms with Gasteiger partial charge in [-0.25, -0.2) is 8.42 Å². The topological polar surface area (TPSA) is 46.2 Å². The molecule has 1 aromatic rings. The van der Waals surface area contributed by atoms with E-state index in [4.69, 9.17) is 0 Å². The highest BCUT2D eigenvalue weighted by Crippen LogP contribution is 2.37. The average molecular weight is 285 g/mol. The molecule has 1 rings (SSSR count). The van der Waals surface area contributed by atoms with Crippen molar-refractivity contribution in [2.24, 2.45) is 0 Å². The molecule has 0 aromatic heterocycles. The summed E-state index contributed by atoms with van der Waals surface area (Å²) >= 11 is -0.286. The summed E-state index contributed by atoms with van der Waals surface area (Å²) in [5.41, 5.74) is -4.26. The lowest BCUT2D eigenvalue weighted by Crippen LogP contribution is -2.14. The van der Waals surface area contributed by atoms with E-state index in [2.05, 4.69) is 4.72 Å². The molecule has 3 nitrogen and oxygen atoms in total. The Morgan fingerprint density at radius 1 is 1.35 bits per heavy atom. The molecule has 0 atom stereocenters. The number of nitrogens with one attached hydrogen (secondary N) is 1. The molecule has 17 heavy (non-hydrogen) atoms. The van der Waals surface area contributed by atoms with Crippen LogP contribution in [0.25, 0.3) is 0 Å². The Bertz CT molecular complexity index is 485. The van der Waals surface area contributed by atoms with Crippen molar-refractivity contribution in [2.75, 3.05) is 10.5 Å². The highest BCUT2D eigenvalue weighted by atomic mass is 32.2. The molecule has 1 N–H and O–H groups in total. The van der Waals surface area contributed by atoms with E-state index in [0.717, 1.165) is 6.07 Å². The van der Waals surface area contributed by atoms with Gasteiger partial charge in [-0.15, -0.1) is 0 Å². The molecule has 0 radical (unpaired) electrons. The molecule has 0 aliphatic rings. The summed E-state index contributed by atoms with van der Waals surface area (Å²) in [5.74, 6) is -0.135. The number of rotatable bonds is 4. The molecule has 8 heteroatoms. The fraction of sp³-hybridized carbons (Fsp3) is 0.333. The SMILES string of the molecule is CCS(=O)(=O)Nc1cccc(SC(F)(F)F)c1. The molecule has 96 valence electrons. The van der Waals surface area contributed by atoms with Gasteiger partial charge in [-0.05, 0) is 36.9 Å². The van der Waals surface area contributed by atoms with Gasteiger partial charge in [0.15, 0.2) is 0 Å². The van der Waals surface area contributed by atoms with E-state index in [9.17, 15) is 21.6 Å². The molecule has 0 fully saturated rings. The minimum absolute atomic E-state index is 0.0613. The van der Waals surface area contributed by atoms with Crippen molar-refractivity contribution in [1.82, 2.24) is 0 Å². The minimum atomic E-state index is -4.39. The van der Waals surface area contributed by atoms with E-state index in [1.54, 1.807) is 0 Å². The molecule has 0 aliphatic carbocycles. The predicted molar refractivity (Wildman–Crippen MR) is 61.4 cm³/mol. The van der Waals surface area contributed by atoms with Crippen LogP contribution in [-0.2, 0) is 10.0 Å². The van der Waals surface area contributed by atoms with Crippen molar-refractivity contribution in [3.8, 4) is 0 Å². The minimum Gasteiger partial charge on any atom is -0.284 e. The Labute approximate surface area is 101 Å². The first-order chi connectivity index (χ1) is 7.72. The molecule has 1 aromatic carbocycles. The van der Waals surface area contributed by atoms with E-state index in [1.165, 1.54) is 25.1 Å². The number of thioether (sulfide) groups is 1. The van der Waals surface area contributed by atoms with E-state index in [-0.39, 0.29) is 28.1 Å². The molecule has 0 bridgehead atoms. The summed E-state index contributed by atoms with van der Waals surface area (Å²) in [7, 11) is -3.47. The quantitative estimate of drug-likeness (QED) is 0.865. The maximum atomic E-state index is 12.1. The van der Waals surface area contributed by atoms with Gasteiger partial charge in [0.2, 0.25) is 10.0 Å². The van der Waals surface area contributed by atoms with Crippen LogP contribution in [0.1, 0.15) is 6.92 Å². The monoisotopic (exact) mass is 285 g/mol. The lowest BCUT2D eigenvalue weighted by Gasteiger charge is -2.09. The molecule has 0 saturated heterocycles. The number of sulfonamides is 1. The van der Waals surface area contributed by atoms with Gasteiger partial charge in [-0.1, -0.05) is 6.07 Å². The first-order valence-electron chi connectivity index (χ1n) is 4.58. The second kappa shape index (κ2) is 5.18. The van der Waals surface area contributed by atoms with E-state index < -0.39 is 15.5 Å². The van der Waals surface area contributed by atoms with Crippen molar-refractivity contribution in [3.63, 3.8) is 0 Å².